The molecule has 0 bridgehead atoms. The molecule has 0 radical (unpaired) electrons. The highest BCUT2D eigenvalue weighted by Crippen LogP contribution is 2.29. The maximum absolute atomic E-state index is 13.0. The minimum absolute atomic E-state index is 0.101. The molecule has 0 aliphatic rings. The van der Waals surface area contributed by atoms with E-state index in [0.29, 0.717) is 11.1 Å². The maximum atomic E-state index is 13.0. The zero-order valence-electron chi connectivity index (χ0n) is 14.6. The monoisotopic (exact) mass is 346 g/mol. The van der Waals surface area contributed by atoms with E-state index in [1.54, 1.807) is 48.5 Å². The standard InChI is InChI=1S/C22H22N2O2/c1-17(18-11-5-2-6-12-18)23-24-21(25)22(26,19-13-7-3-8-14-19)20-15-9-4-10-16-20/h2-17,23,26H,1H3,(H,24,25). The van der Waals surface area contributed by atoms with Gasteiger partial charge in [-0.1, -0.05) is 91.0 Å². The lowest BCUT2D eigenvalue weighted by Gasteiger charge is -2.29. The van der Waals surface area contributed by atoms with Crippen LogP contribution in [0.5, 0.6) is 0 Å². The van der Waals surface area contributed by atoms with E-state index in [9.17, 15) is 9.90 Å². The number of carbonyl (C=O) groups excluding carboxylic acids is 1. The molecule has 132 valence electrons. The van der Waals surface area contributed by atoms with Gasteiger partial charge < -0.3 is 5.11 Å². The number of amides is 1. The Hall–Kier alpha value is -2.95. The van der Waals surface area contributed by atoms with Gasteiger partial charge in [0, 0.05) is 6.04 Å². The van der Waals surface area contributed by atoms with E-state index in [2.05, 4.69) is 10.9 Å². The Labute approximate surface area is 153 Å². The van der Waals surface area contributed by atoms with Gasteiger partial charge in [-0.25, -0.2) is 5.43 Å². The van der Waals surface area contributed by atoms with Gasteiger partial charge in [0.25, 0.3) is 5.91 Å². The molecule has 0 spiro atoms. The van der Waals surface area contributed by atoms with Crippen LogP contribution in [0, 0.1) is 0 Å². The zero-order valence-corrected chi connectivity index (χ0v) is 14.6. The molecule has 4 heteroatoms. The van der Waals surface area contributed by atoms with E-state index in [4.69, 9.17) is 0 Å². The second kappa shape index (κ2) is 7.95. The summed E-state index contributed by atoms with van der Waals surface area (Å²) >= 11 is 0. The molecule has 3 N–H and O–H groups in total. The molecule has 1 atom stereocenters. The smallest absolute Gasteiger partial charge is 0.275 e. The fourth-order valence-electron chi connectivity index (χ4n) is 2.88. The van der Waals surface area contributed by atoms with Crippen molar-refractivity contribution in [2.75, 3.05) is 0 Å². The molecule has 3 rings (SSSR count). The summed E-state index contributed by atoms with van der Waals surface area (Å²) < 4.78 is 0. The Morgan fingerprint density at radius 1 is 0.808 bits per heavy atom. The largest absolute Gasteiger partial charge is 0.372 e. The van der Waals surface area contributed by atoms with E-state index < -0.39 is 11.5 Å². The van der Waals surface area contributed by atoms with Crippen LogP contribution in [0.15, 0.2) is 91.0 Å². The molecular weight excluding hydrogens is 324 g/mol. The van der Waals surface area contributed by atoms with Gasteiger partial charge in [0.05, 0.1) is 0 Å². The van der Waals surface area contributed by atoms with Crippen LogP contribution in [-0.2, 0) is 10.4 Å². The lowest BCUT2D eigenvalue weighted by molar-refractivity contribution is -0.138. The van der Waals surface area contributed by atoms with E-state index in [1.165, 1.54) is 0 Å². The molecule has 0 aromatic heterocycles. The van der Waals surface area contributed by atoms with E-state index >= 15 is 0 Å². The van der Waals surface area contributed by atoms with Gasteiger partial charge in [-0.2, -0.15) is 0 Å². The van der Waals surface area contributed by atoms with Crippen molar-refractivity contribution in [1.82, 2.24) is 10.9 Å². The van der Waals surface area contributed by atoms with Crippen molar-refractivity contribution in [2.24, 2.45) is 0 Å². The third kappa shape index (κ3) is 3.67. The lowest BCUT2D eigenvalue weighted by Crippen LogP contribution is -2.51. The number of aliphatic hydroxyl groups is 1. The first-order valence-electron chi connectivity index (χ1n) is 8.56. The molecule has 0 heterocycles. The molecule has 3 aromatic rings. The average molecular weight is 346 g/mol. The second-order valence-electron chi connectivity index (χ2n) is 6.17. The molecule has 0 fully saturated rings. The fraction of sp³-hybridized carbons (Fsp3) is 0.136. The quantitative estimate of drug-likeness (QED) is 0.600. The number of benzene rings is 3. The third-order valence-corrected chi connectivity index (χ3v) is 4.41. The van der Waals surface area contributed by atoms with Gasteiger partial charge in [0.15, 0.2) is 5.60 Å². The van der Waals surface area contributed by atoms with Crippen LogP contribution < -0.4 is 10.9 Å². The number of hydrogen-bond donors (Lipinski definition) is 3. The summed E-state index contributed by atoms with van der Waals surface area (Å²) in [6.45, 7) is 1.94. The number of carbonyl (C=O) groups is 1. The van der Waals surface area contributed by atoms with E-state index in [0.717, 1.165) is 5.56 Å². The van der Waals surface area contributed by atoms with Crippen molar-refractivity contribution in [3.63, 3.8) is 0 Å². The Bertz CT molecular complexity index is 796. The molecule has 0 aliphatic carbocycles. The van der Waals surface area contributed by atoms with Crippen LogP contribution in [-0.4, -0.2) is 11.0 Å². The molecule has 26 heavy (non-hydrogen) atoms. The highest BCUT2D eigenvalue weighted by atomic mass is 16.3. The first kappa shape index (κ1) is 17.9. The van der Waals surface area contributed by atoms with Crippen molar-refractivity contribution in [3.8, 4) is 0 Å². The molecular formula is C22H22N2O2. The average Bonchev–Trinajstić information content (AvgIpc) is 2.73. The van der Waals surface area contributed by atoms with Gasteiger partial charge in [-0.05, 0) is 23.6 Å². The summed E-state index contributed by atoms with van der Waals surface area (Å²) in [5.74, 6) is -0.530. The summed E-state index contributed by atoms with van der Waals surface area (Å²) in [4.78, 5) is 13.0. The number of rotatable bonds is 6. The normalized spacial score (nSPS) is 12.4. The Balaban J connectivity index is 1.85. The van der Waals surface area contributed by atoms with Gasteiger partial charge in [-0.15, -0.1) is 0 Å². The summed E-state index contributed by atoms with van der Waals surface area (Å²) in [5, 5.41) is 11.4. The molecule has 4 nitrogen and oxygen atoms in total. The molecule has 0 saturated carbocycles. The molecule has 1 amide bonds. The third-order valence-electron chi connectivity index (χ3n) is 4.41. The summed E-state index contributed by atoms with van der Waals surface area (Å²) in [6, 6.07) is 27.6. The molecule has 0 aliphatic heterocycles. The van der Waals surface area contributed by atoms with Gasteiger partial charge in [-0.3, -0.25) is 10.2 Å². The van der Waals surface area contributed by atoms with Crippen molar-refractivity contribution in [2.45, 2.75) is 18.6 Å². The fourth-order valence-corrected chi connectivity index (χ4v) is 2.88. The molecule has 3 aromatic carbocycles. The van der Waals surface area contributed by atoms with E-state index in [1.807, 2.05) is 49.4 Å². The molecule has 0 saturated heterocycles. The van der Waals surface area contributed by atoms with Crippen molar-refractivity contribution < 1.29 is 9.90 Å². The minimum atomic E-state index is -1.79. The minimum Gasteiger partial charge on any atom is -0.372 e. The Morgan fingerprint density at radius 3 is 1.69 bits per heavy atom. The van der Waals surface area contributed by atoms with Gasteiger partial charge >= 0.3 is 0 Å². The number of hydrazine groups is 1. The van der Waals surface area contributed by atoms with Gasteiger partial charge in [0.1, 0.15) is 0 Å². The van der Waals surface area contributed by atoms with E-state index in [-0.39, 0.29) is 6.04 Å². The Morgan fingerprint density at radius 2 is 1.23 bits per heavy atom. The van der Waals surface area contributed by atoms with Crippen molar-refractivity contribution in [3.05, 3.63) is 108 Å². The highest BCUT2D eigenvalue weighted by Gasteiger charge is 2.39. The summed E-state index contributed by atoms with van der Waals surface area (Å²) in [7, 11) is 0. The van der Waals surface area contributed by atoms with Crippen LogP contribution in [0.2, 0.25) is 0 Å². The summed E-state index contributed by atoms with van der Waals surface area (Å²) in [6.07, 6.45) is 0. The van der Waals surface area contributed by atoms with Crippen LogP contribution in [0.25, 0.3) is 0 Å². The van der Waals surface area contributed by atoms with Crippen LogP contribution in [0.3, 0.4) is 0 Å². The summed E-state index contributed by atoms with van der Waals surface area (Å²) in [5.41, 5.74) is 5.94. The van der Waals surface area contributed by atoms with Crippen molar-refractivity contribution in [1.29, 1.82) is 0 Å². The van der Waals surface area contributed by atoms with Crippen LogP contribution in [0.1, 0.15) is 29.7 Å². The lowest BCUT2D eigenvalue weighted by atomic mass is 9.85. The topological polar surface area (TPSA) is 61.4 Å². The van der Waals surface area contributed by atoms with Crippen molar-refractivity contribution >= 4 is 5.91 Å². The van der Waals surface area contributed by atoms with Gasteiger partial charge in [0.2, 0.25) is 0 Å². The maximum Gasteiger partial charge on any atom is 0.275 e. The number of hydrogen-bond acceptors (Lipinski definition) is 3. The zero-order chi connectivity index (χ0) is 18.4. The predicted octanol–water partition coefficient (Wildman–Crippen LogP) is 3.30. The number of nitrogens with one attached hydrogen (secondary N) is 2. The first-order chi connectivity index (χ1) is 12.6. The Kier molecular flexibility index (Phi) is 5.46. The highest BCUT2D eigenvalue weighted by molar-refractivity contribution is 5.89. The predicted molar refractivity (Wildman–Crippen MR) is 102 cm³/mol. The van der Waals surface area contributed by atoms with Crippen LogP contribution >= 0.6 is 0 Å². The molecule has 1 unspecified atom stereocenters. The second-order valence-corrected chi connectivity index (χ2v) is 6.17. The van der Waals surface area contributed by atoms with Crippen LogP contribution in [0.4, 0.5) is 0 Å². The SMILES string of the molecule is CC(NNC(=O)C(O)(c1ccccc1)c1ccccc1)c1ccccc1. The first-order valence-corrected chi connectivity index (χ1v) is 8.56.